The minimum Gasteiger partial charge on any atom is -0.496 e. The number of benzene rings is 1. The van der Waals surface area contributed by atoms with E-state index in [-0.39, 0.29) is 17.2 Å². The van der Waals surface area contributed by atoms with Crippen LogP contribution in [0.4, 0.5) is 4.39 Å². The van der Waals surface area contributed by atoms with Crippen LogP contribution in [0.25, 0.3) is 0 Å². The van der Waals surface area contributed by atoms with E-state index in [0.717, 1.165) is 38.2 Å². The summed E-state index contributed by atoms with van der Waals surface area (Å²) in [4.78, 5) is 21.3. The summed E-state index contributed by atoms with van der Waals surface area (Å²) in [5, 5.41) is 0. The van der Waals surface area contributed by atoms with Crippen LogP contribution in [-0.2, 0) is 6.54 Å². The topological polar surface area (TPSA) is 50.6 Å². The zero-order chi connectivity index (χ0) is 20.1. The van der Waals surface area contributed by atoms with Crippen LogP contribution < -0.4 is 4.74 Å². The first-order chi connectivity index (χ1) is 13.5. The van der Waals surface area contributed by atoms with Crippen LogP contribution >= 0.6 is 0 Å². The molecule has 0 saturated carbocycles. The molecule has 1 aromatic heterocycles. The SMILES string of the molecule is COc1cccc(F)c1C(=O)N1CCC(c2nccn2CCCN(C)C)CC1. The second-order valence-corrected chi connectivity index (χ2v) is 7.52. The molecule has 28 heavy (non-hydrogen) atoms. The lowest BCUT2D eigenvalue weighted by Crippen LogP contribution is -2.39. The van der Waals surface area contributed by atoms with Crippen molar-refractivity contribution in [1.29, 1.82) is 0 Å². The third-order valence-corrected chi connectivity index (χ3v) is 5.31. The Bertz CT molecular complexity index is 797. The van der Waals surface area contributed by atoms with Crippen LogP contribution in [-0.4, -0.2) is 66.1 Å². The molecule has 0 aliphatic carbocycles. The van der Waals surface area contributed by atoms with Crippen LogP contribution in [0.3, 0.4) is 0 Å². The van der Waals surface area contributed by atoms with Gasteiger partial charge in [-0.05, 0) is 52.0 Å². The molecule has 1 saturated heterocycles. The Morgan fingerprint density at radius 3 is 2.75 bits per heavy atom. The van der Waals surface area contributed by atoms with E-state index in [9.17, 15) is 9.18 Å². The average molecular weight is 388 g/mol. The number of carbonyl (C=O) groups is 1. The van der Waals surface area contributed by atoms with Gasteiger partial charge in [-0.15, -0.1) is 0 Å². The van der Waals surface area contributed by atoms with Gasteiger partial charge in [0.15, 0.2) is 0 Å². The molecule has 6 nitrogen and oxygen atoms in total. The molecule has 1 amide bonds. The molecular weight excluding hydrogens is 359 g/mol. The summed E-state index contributed by atoms with van der Waals surface area (Å²) in [7, 11) is 5.60. The number of aryl methyl sites for hydroxylation is 1. The number of hydrogen-bond donors (Lipinski definition) is 0. The standard InChI is InChI=1S/C21H29FN4O2/c1-24(2)11-5-12-25-15-10-23-20(25)16-8-13-26(14-9-16)21(27)19-17(22)6-4-7-18(19)28-3/h4,6-7,10,15-16H,5,8-9,11-14H2,1-3H3. The van der Waals surface area contributed by atoms with Gasteiger partial charge in [0.1, 0.15) is 23.0 Å². The van der Waals surface area contributed by atoms with Crippen LogP contribution in [0.15, 0.2) is 30.6 Å². The molecule has 1 aliphatic rings. The van der Waals surface area contributed by atoms with Crippen molar-refractivity contribution in [2.45, 2.75) is 31.7 Å². The number of carbonyl (C=O) groups excluding carboxylic acids is 1. The number of aromatic nitrogens is 2. The van der Waals surface area contributed by atoms with Gasteiger partial charge in [-0.1, -0.05) is 6.07 Å². The maximum atomic E-state index is 14.2. The van der Waals surface area contributed by atoms with Gasteiger partial charge in [-0.3, -0.25) is 4.79 Å². The summed E-state index contributed by atoms with van der Waals surface area (Å²) in [6.45, 7) is 3.16. The third kappa shape index (κ3) is 4.52. The lowest BCUT2D eigenvalue weighted by molar-refractivity contribution is 0.0702. The number of likely N-dealkylation sites (tertiary alicyclic amines) is 1. The van der Waals surface area contributed by atoms with E-state index in [4.69, 9.17) is 4.74 Å². The number of ether oxygens (including phenoxy) is 1. The summed E-state index contributed by atoms with van der Waals surface area (Å²) in [5.41, 5.74) is 0.0219. The van der Waals surface area contributed by atoms with Crippen molar-refractivity contribution in [3.63, 3.8) is 0 Å². The van der Waals surface area contributed by atoms with Crippen molar-refractivity contribution in [2.24, 2.45) is 0 Å². The summed E-state index contributed by atoms with van der Waals surface area (Å²) in [5.74, 6) is 0.851. The first kappa shape index (κ1) is 20.3. The lowest BCUT2D eigenvalue weighted by Gasteiger charge is -2.32. The predicted octanol–water partition coefficient (Wildman–Crippen LogP) is 3.00. The number of amides is 1. The number of rotatable bonds is 7. The summed E-state index contributed by atoms with van der Waals surface area (Å²) in [6.07, 6.45) is 6.61. The van der Waals surface area contributed by atoms with Gasteiger partial charge >= 0.3 is 0 Å². The normalized spacial score (nSPS) is 15.2. The molecule has 1 fully saturated rings. The Hall–Kier alpha value is -2.41. The van der Waals surface area contributed by atoms with Gasteiger partial charge in [-0.2, -0.15) is 0 Å². The van der Waals surface area contributed by atoms with Crippen molar-refractivity contribution in [2.75, 3.05) is 40.8 Å². The zero-order valence-corrected chi connectivity index (χ0v) is 16.9. The average Bonchev–Trinajstić information content (AvgIpc) is 3.15. The highest BCUT2D eigenvalue weighted by molar-refractivity contribution is 5.97. The van der Waals surface area contributed by atoms with Gasteiger partial charge in [0, 0.05) is 37.9 Å². The number of nitrogens with zero attached hydrogens (tertiary/aromatic N) is 4. The van der Waals surface area contributed by atoms with Crippen molar-refractivity contribution in [3.05, 3.63) is 47.8 Å². The molecule has 152 valence electrons. The highest BCUT2D eigenvalue weighted by Gasteiger charge is 2.29. The number of methoxy groups -OCH3 is 1. The first-order valence-corrected chi connectivity index (χ1v) is 9.78. The molecule has 1 aromatic carbocycles. The second kappa shape index (κ2) is 9.19. The highest BCUT2D eigenvalue weighted by Crippen LogP contribution is 2.30. The fraction of sp³-hybridized carbons (Fsp3) is 0.524. The summed E-state index contributed by atoms with van der Waals surface area (Å²) < 4.78 is 21.6. The third-order valence-electron chi connectivity index (χ3n) is 5.31. The fourth-order valence-electron chi connectivity index (χ4n) is 3.81. The number of piperidine rings is 1. The second-order valence-electron chi connectivity index (χ2n) is 7.52. The Balaban J connectivity index is 1.63. The van der Waals surface area contributed by atoms with E-state index >= 15 is 0 Å². The highest BCUT2D eigenvalue weighted by atomic mass is 19.1. The zero-order valence-electron chi connectivity index (χ0n) is 16.9. The Labute approximate surface area is 165 Å². The van der Waals surface area contributed by atoms with Crippen molar-refractivity contribution >= 4 is 5.91 Å². The molecule has 1 aliphatic heterocycles. The van der Waals surface area contributed by atoms with E-state index in [1.54, 1.807) is 17.0 Å². The smallest absolute Gasteiger partial charge is 0.260 e. The molecule has 0 atom stereocenters. The van der Waals surface area contributed by atoms with Crippen LogP contribution in [0.1, 0.15) is 41.4 Å². The first-order valence-electron chi connectivity index (χ1n) is 9.78. The van der Waals surface area contributed by atoms with E-state index in [1.165, 1.54) is 13.2 Å². The molecule has 0 unspecified atom stereocenters. The molecule has 3 rings (SSSR count). The van der Waals surface area contributed by atoms with E-state index in [1.807, 2.05) is 12.4 Å². The number of hydrogen-bond acceptors (Lipinski definition) is 4. The maximum Gasteiger partial charge on any atom is 0.260 e. The van der Waals surface area contributed by atoms with Crippen molar-refractivity contribution in [1.82, 2.24) is 19.4 Å². The molecular formula is C21H29FN4O2. The maximum absolute atomic E-state index is 14.2. The molecule has 0 spiro atoms. The molecule has 2 heterocycles. The summed E-state index contributed by atoms with van der Waals surface area (Å²) in [6, 6.07) is 4.47. The van der Waals surface area contributed by atoms with Crippen molar-refractivity contribution < 1.29 is 13.9 Å². The monoisotopic (exact) mass is 388 g/mol. The summed E-state index contributed by atoms with van der Waals surface area (Å²) >= 11 is 0. The predicted molar refractivity (Wildman–Crippen MR) is 106 cm³/mol. The van der Waals surface area contributed by atoms with E-state index < -0.39 is 5.82 Å². The van der Waals surface area contributed by atoms with Crippen LogP contribution in [0.5, 0.6) is 5.75 Å². The van der Waals surface area contributed by atoms with Crippen molar-refractivity contribution in [3.8, 4) is 5.75 Å². The van der Waals surface area contributed by atoms with Gasteiger partial charge in [0.2, 0.25) is 0 Å². The Morgan fingerprint density at radius 2 is 2.07 bits per heavy atom. The van der Waals surface area contributed by atoms with Crippen LogP contribution in [0.2, 0.25) is 0 Å². The largest absolute Gasteiger partial charge is 0.496 e. The van der Waals surface area contributed by atoms with Gasteiger partial charge in [0.25, 0.3) is 5.91 Å². The van der Waals surface area contributed by atoms with E-state index in [0.29, 0.717) is 19.0 Å². The minimum absolute atomic E-state index is 0.0219. The molecule has 2 aromatic rings. The molecule has 0 bridgehead atoms. The Kier molecular flexibility index (Phi) is 6.67. The molecule has 0 N–H and O–H groups in total. The number of halogens is 1. The van der Waals surface area contributed by atoms with Gasteiger partial charge in [-0.25, -0.2) is 9.37 Å². The van der Waals surface area contributed by atoms with Gasteiger partial charge < -0.3 is 19.1 Å². The van der Waals surface area contributed by atoms with Crippen LogP contribution in [0, 0.1) is 5.82 Å². The molecule has 7 heteroatoms. The fourth-order valence-corrected chi connectivity index (χ4v) is 3.81. The minimum atomic E-state index is -0.539. The van der Waals surface area contributed by atoms with E-state index in [2.05, 4.69) is 28.5 Å². The van der Waals surface area contributed by atoms with Gasteiger partial charge in [0.05, 0.1) is 7.11 Å². The number of imidazole rings is 1. The quantitative estimate of drug-likeness (QED) is 0.732. The Morgan fingerprint density at radius 1 is 1.32 bits per heavy atom. The molecule has 0 radical (unpaired) electrons. The lowest BCUT2D eigenvalue weighted by atomic mass is 9.95.